The fourth-order valence-electron chi connectivity index (χ4n) is 2.45. The van der Waals surface area contributed by atoms with Gasteiger partial charge in [0, 0.05) is 5.69 Å². The molecule has 0 saturated carbocycles. The second-order valence-corrected chi connectivity index (χ2v) is 8.37. The van der Waals surface area contributed by atoms with Crippen molar-refractivity contribution in [2.75, 3.05) is 23.4 Å². The molecule has 2 aromatic rings. The van der Waals surface area contributed by atoms with Gasteiger partial charge in [-0.2, -0.15) is 0 Å². The van der Waals surface area contributed by atoms with Crippen molar-refractivity contribution in [2.24, 2.45) is 0 Å². The van der Waals surface area contributed by atoms with Crippen LogP contribution in [0.4, 0.5) is 5.69 Å². The number of carbonyl (C=O) groups excluding carboxylic acids is 1. The van der Waals surface area contributed by atoms with Crippen LogP contribution in [0.5, 0.6) is 5.75 Å². The molecule has 2 aromatic carbocycles. The normalized spacial score (nSPS) is 15.0. The highest BCUT2D eigenvalue weighted by molar-refractivity contribution is 8.16. The van der Waals surface area contributed by atoms with Crippen LogP contribution in [0.25, 0.3) is 0 Å². The number of benzene rings is 2. The Morgan fingerprint density at radius 2 is 1.83 bits per heavy atom. The summed E-state index contributed by atoms with van der Waals surface area (Å²) in [7, 11) is 0. The molecule has 5 heteroatoms. The molecule has 24 heavy (non-hydrogen) atoms. The highest BCUT2D eigenvalue weighted by Gasteiger charge is 2.16. The molecule has 1 N–H and O–H groups in total. The molecule has 3 rings (SSSR count). The van der Waals surface area contributed by atoms with Crippen LogP contribution in [0.3, 0.4) is 0 Å². The van der Waals surface area contributed by atoms with Crippen LogP contribution in [0.1, 0.15) is 22.1 Å². The number of rotatable bonds is 5. The van der Waals surface area contributed by atoms with Gasteiger partial charge in [0.05, 0.1) is 4.58 Å². The summed E-state index contributed by atoms with van der Waals surface area (Å²) in [6.07, 6.45) is 1.29. The van der Waals surface area contributed by atoms with Crippen molar-refractivity contribution in [1.82, 2.24) is 0 Å². The molecule has 0 spiro atoms. The zero-order chi connectivity index (χ0) is 16.8. The topological polar surface area (TPSA) is 38.3 Å². The van der Waals surface area contributed by atoms with Gasteiger partial charge in [-0.1, -0.05) is 30.3 Å². The van der Waals surface area contributed by atoms with E-state index in [4.69, 9.17) is 4.74 Å². The van der Waals surface area contributed by atoms with Gasteiger partial charge >= 0.3 is 0 Å². The van der Waals surface area contributed by atoms with E-state index in [0.29, 0.717) is 4.58 Å². The number of carbonyl (C=O) groups is 1. The van der Waals surface area contributed by atoms with Crippen LogP contribution in [0.15, 0.2) is 48.5 Å². The minimum absolute atomic E-state index is 0.0145. The SMILES string of the molecule is Cc1ccccc1NC(=O)COc1ccc(C2SCCCS2)cc1. The van der Waals surface area contributed by atoms with E-state index in [9.17, 15) is 4.79 Å². The van der Waals surface area contributed by atoms with Crippen LogP contribution >= 0.6 is 23.5 Å². The lowest BCUT2D eigenvalue weighted by Crippen LogP contribution is -2.20. The van der Waals surface area contributed by atoms with Crippen LogP contribution < -0.4 is 10.1 Å². The third kappa shape index (κ3) is 4.71. The highest BCUT2D eigenvalue weighted by Crippen LogP contribution is 2.43. The smallest absolute Gasteiger partial charge is 0.262 e. The molecule has 1 aliphatic rings. The summed E-state index contributed by atoms with van der Waals surface area (Å²) >= 11 is 4.00. The molecule has 3 nitrogen and oxygen atoms in total. The highest BCUT2D eigenvalue weighted by atomic mass is 32.2. The number of thioether (sulfide) groups is 2. The van der Waals surface area contributed by atoms with Crippen molar-refractivity contribution in [2.45, 2.75) is 17.9 Å². The number of amides is 1. The van der Waals surface area contributed by atoms with E-state index < -0.39 is 0 Å². The maximum Gasteiger partial charge on any atom is 0.262 e. The Bertz CT molecular complexity index is 682. The molecule has 1 saturated heterocycles. The van der Waals surface area contributed by atoms with Crippen molar-refractivity contribution in [3.63, 3.8) is 0 Å². The Kier molecular flexibility index (Phi) is 6.10. The lowest BCUT2D eigenvalue weighted by molar-refractivity contribution is -0.118. The molecular weight excluding hydrogens is 338 g/mol. The van der Waals surface area contributed by atoms with E-state index in [2.05, 4.69) is 17.4 Å². The molecule has 0 aliphatic carbocycles. The summed E-state index contributed by atoms with van der Waals surface area (Å²) in [4.78, 5) is 12.0. The summed E-state index contributed by atoms with van der Waals surface area (Å²) in [6, 6.07) is 15.8. The summed E-state index contributed by atoms with van der Waals surface area (Å²) in [6.45, 7) is 1.98. The van der Waals surface area contributed by atoms with E-state index in [1.165, 1.54) is 23.5 Å². The predicted molar refractivity (Wildman–Crippen MR) is 104 cm³/mol. The summed E-state index contributed by atoms with van der Waals surface area (Å²) in [5.41, 5.74) is 3.19. The number of anilines is 1. The van der Waals surface area contributed by atoms with Crippen molar-refractivity contribution >= 4 is 35.1 Å². The van der Waals surface area contributed by atoms with Gasteiger partial charge in [0.1, 0.15) is 5.75 Å². The number of nitrogens with one attached hydrogen (secondary N) is 1. The van der Waals surface area contributed by atoms with Crippen molar-refractivity contribution in [3.05, 3.63) is 59.7 Å². The van der Waals surface area contributed by atoms with Crippen LogP contribution in [0, 0.1) is 6.92 Å². The second-order valence-electron chi connectivity index (χ2n) is 5.65. The summed E-state index contributed by atoms with van der Waals surface area (Å²) in [5, 5.41) is 2.87. The van der Waals surface area contributed by atoms with Gasteiger partial charge in [0.25, 0.3) is 5.91 Å². The molecule has 126 valence electrons. The zero-order valence-electron chi connectivity index (χ0n) is 13.7. The average Bonchev–Trinajstić information content (AvgIpc) is 2.63. The predicted octanol–water partition coefficient (Wildman–Crippen LogP) is 4.88. The van der Waals surface area contributed by atoms with Crippen LogP contribution in [0.2, 0.25) is 0 Å². The van der Waals surface area contributed by atoms with Gasteiger partial charge in [-0.15, -0.1) is 23.5 Å². The number of hydrogen-bond donors (Lipinski definition) is 1. The molecule has 1 amide bonds. The van der Waals surface area contributed by atoms with E-state index >= 15 is 0 Å². The first-order chi connectivity index (χ1) is 11.7. The molecular formula is C19H21NO2S2. The Hall–Kier alpha value is -1.59. The monoisotopic (exact) mass is 359 g/mol. The zero-order valence-corrected chi connectivity index (χ0v) is 15.3. The summed E-state index contributed by atoms with van der Waals surface area (Å²) in [5.74, 6) is 3.04. The summed E-state index contributed by atoms with van der Waals surface area (Å²) < 4.78 is 6.12. The van der Waals surface area contributed by atoms with Gasteiger partial charge in [-0.05, 0) is 54.2 Å². The minimum atomic E-state index is -0.147. The number of aryl methyl sites for hydroxylation is 1. The standard InChI is InChI=1S/C19H21NO2S2/c1-14-5-2-3-6-17(14)20-18(21)13-22-16-9-7-15(8-10-16)19-23-11-4-12-24-19/h2-3,5-10,19H,4,11-13H2,1H3,(H,20,21). The number of ether oxygens (including phenoxy) is 1. The fraction of sp³-hybridized carbons (Fsp3) is 0.316. The van der Waals surface area contributed by atoms with Gasteiger partial charge in [0.15, 0.2) is 6.61 Å². The molecule has 0 bridgehead atoms. The number of hydrogen-bond acceptors (Lipinski definition) is 4. The lowest BCUT2D eigenvalue weighted by atomic mass is 10.2. The largest absolute Gasteiger partial charge is 0.484 e. The quantitative estimate of drug-likeness (QED) is 0.825. The maximum atomic E-state index is 12.0. The van der Waals surface area contributed by atoms with E-state index in [-0.39, 0.29) is 12.5 Å². The van der Waals surface area contributed by atoms with Gasteiger partial charge < -0.3 is 10.1 Å². The first-order valence-electron chi connectivity index (χ1n) is 8.04. The first kappa shape index (κ1) is 17.2. The van der Waals surface area contributed by atoms with Crippen molar-refractivity contribution < 1.29 is 9.53 Å². The molecule has 0 atom stereocenters. The molecule has 0 radical (unpaired) electrons. The lowest BCUT2D eigenvalue weighted by Gasteiger charge is -2.21. The average molecular weight is 360 g/mol. The van der Waals surface area contributed by atoms with E-state index in [1.807, 2.05) is 66.8 Å². The van der Waals surface area contributed by atoms with Crippen molar-refractivity contribution in [3.8, 4) is 5.75 Å². The third-order valence-corrected chi connectivity index (χ3v) is 6.78. The van der Waals surface area contributed by atoms with Crippen LogP contribution in [-0.2, 0) is 4.79 Å². The molecule has 1 fully saturated rings. The third-order valence-electron chi connectivity index (χ3n) is 3.77. The molecule has 1 heterocycles. The van der Waals surface area contributed by atoms with Crippen LogP contribution in [-0.4, -0.2) is 24.0 Å². The first-order valence-corrected chi connectivity index (χ1v) is 10.1. The van der Waals surface area contributed by atoms with E-state index in [0.717, 1.165) is 17.0 Å². The van der Waals surface area contributed by atoms with Gasteiger partial charge in [0.2, 0.25) is 0 Å². The molecule has 0 unspecified atom stereocenters. The maximum absolute atomic E-state index is 12.0. The fourth-order valence-corrected chi connectivity index (χ4v) is 5.34. The Labute approximate surface area is 151 Å². The molecule has 1 aliphatic heterocycles. The Balaban J connectivity index is 1.51. The van der Waals surface area contributed by atoms with Gasteiger partial charge in [-0.25, -0.2) is 0 Å². The van der Waals surface area contributed by atoms with E-state index in [1.54, 1.807) is 0 Å². The number of para-hydroxylation sites is 1. The van der Waals surface area contributed by atoms with Gasteiger partial charge in [-0.3, -0.25) is 4.79 Å². The Morgan fingerprint density at radius 1 is 1.12 bits per heavy atom. The molecule has 0 aromatic heterocycles. The second kappa shape index (κ2) is 8.49. The Morgan fingerprint density at radius 3 is 2.54 bits per heavy atom. The van der Waals surface area contributed by atoms with Crippen molar-refractivity contribution in [1.29, 1.82) is 0 Å². The minimum Gasteiger partial charge on any atom is -0.484 e.